The van der Waals surface area contributed by atoms with Crippen LogP contribution >= 0.6 is 11.8 Å². The molecule has 1 heterocycles. The van der Waals surface area contributed by atoms with Crippen molar-refractivity contribution in [2.45, 2.75) is 43.8 Å². The van der Waals surface area contributed by atoms with Crippen LogP contribution in [0.4, 0.5) is 0 Å². The van der Waals surface area contributed by atoms with Gasteiger partial charge in [0.2, 0.25) is 11.8 Å². The Labute approximate surface area is 138 Å². The van der Waals surface area contributed by atoms with Crippen LogP contribution in [0.3, 0.4) is 0 Å². The Bertz CT molecular complexity index is 500. The van der Waals surface area contributed by atoms with E-state index in [4.69, 9.17) is 10.2 Å². The number of hydrogen-bond donors (Lipinski definition) is 2. The minimum Gasteiger partial charge on any atom is -0.481 e. The zero-order chi connectivity index (χ0) is 17.0. The van der Waals surface area contributed by atoms with E-state index >= 15 is 0 Å². The van der Waals surface area contributed by atoms with Gasteiger partial charge in [-0.2, -0.15) is 0 Å². The number of amides is 2. The van der Waals surface area contributed by atoms with Crippen LogP contribution in [-0.4, -0.2) is 56.4 Å². The lowest BCUT2D eigenvalue weighted by molar-refractivity contribution is -0.144. The Hall–Kier alpha value is -1.57. The van der Waals surface area contributed by atoms with Crippen molar-refractivity contribution in [3.8, 4) is 0 Å². The van der Waals surface area contributed by atoms with E-state index in [1.807, 2.05) is 0 Å². The fraction of sp³-hybridized carbons (Fsp3) is 0.733. The van der Waals surface area contributed by atoms with Crippen LogP contribution in [0.1, 0.15) is 38.5 Å². The van der Waals surface area contributed by atoms with Crippen LogP contribution in [0.5, 0.6) is 0 Å². The fourth-order valence-corrected chi connectivity index (χ4v) is 4.22. The maximum absolute atomic E-state index is 12.3. The summed E-state index contributed by atoms with van der Waals surface area (Å²) in [4.78, 5) is 47.0. The number of rotatable bonds is 7. The molecule has 2 fully saturated rings. The maximum atomic E-state index is 12.3. The van der Waals surface area contributed by atoms with Crippen molar-refractivity contribution in [3.05, 3.63) is 0 Å². The van der Waals surface area contributed by atoms with Gasteiger partial charge in [-0.05, 0) is 31.6 Å². The van der Waals surface area contributed by atoms with Gasteiger partial charge in [0, 0.05) is 18.7 Å². The molecule has 0 spiro atoms. The topological polar surface area (TPSA) is 112 Å². The number of carboxylic acid groups (broad SMARTS) is 2. The molecule has 0 aromatic carbocycles. The summed E-state index contributed by atoms with van der Waals surface area (Å²) in [5.74, 6) is -1.95. The second kappa shape index (κ2) is 7.81. The first-order chi connectivity index (χ1) is 10.9. The van der Waals surface area contributed by atoms with Crippen LogP contribution < -0.4 is 0 Å². The first kappa shape index (κ1) is 17.8. The lowest BCUT2D eigenvalue weighted by atomic mass is 9.82. The second-order valence-corrected chi connectivity index (χ2v) is 7.42. The highest BCUT2D eigenvalue weighted by Crippen LogP contribution is 2.32. The van der Waals surface area contributed by atoms with Crippen LogP contribution in [0, 0.1) is 11.8 Å². The number of carboxylic acids is 2. The minimum atomic E-state index is -0.915. The van der Waals surface area contributed by atoms with E-state index in [0.717, 1.165) is 0 Å². The molecule has 0 aromatic heterocycles. The number of nitrogens with zero attached hydrogens (tertiary/aromatic N) is 1. The molecule has 1 aliphatic carbocycles. The second-order valence-electron chi connectivity index (χ2n) is 6.11. The van der Waals surface area contributed by atoms with Gasteiger partial charge in [-0.1, -0.05) is 0 Å². The average Bonchev–Trinajstić information content (AvgIpc) is 2.75. The molecule has 1 aliphatic heterocycles. The standard InChI is InChI=1S/C15H21NO6S/c17-12-7-11(23-6-5-13(18)19)14(20)16(12)8-9-1-3-10(4-2-9)15(21)22/h9-11H,1-8H2,(H,18,19)(H,21,22). The predicted molar refractivity (Wildman–Crippen MR) is 82.9 cm³/mol. The molecule has 0 aromatic rings. The van der Waals surface area contributed by atoms with Gasteiger partial charge < -0.3 is 10.2 Å². The number of hydrogen-bond acceptors (Lipinski definition) is 5. The van der Waals surface area contributed by atoms with Crippen molar-refractivity contribution < 1.29 is 29.4 Å². The number of imide groups is 1. The summed E-state index contributed by atoms with van der Waals surface area (Å²) >= 11 is 1.22. The molecule has 2 amide bonds. The molecule has 1 saturated carbocycles. The summed E-state index contributed by atoms with van der Waals surface area (Å²) in [6.45, 7) is 0.361. The minimum absolute atomic E-state index is 0.0260. The zero-order valence-electron chi connectivity index (χ0n) is 12.8. The zero-order valence-corrected chi connectivity index (χ0v) is 13.6. The summed E-state index contributed by atoms with van der Waals surface area (Å²) < 4.78 is 0. The van der Waals surface area contributed by atoms with Gasteiger partial charge in [0.25, 0.3) is 0 Å². The summed E-state index contributed by atoms with van der Waals surface area (Å²) in [6.07, 6.45) is 2.71. The molecule has 1 atom stereocenters. The molecule has 2 aliphatic rings. The fourth-order valence-electron chi connectivity index (χ4n) is 3.11. The van der Waals surface area contributed by atoms with E-state index in [1.165, 1.54) is 16.7 Å². The molecule has 1 saturated heterocycles. The Kier molecular flexibility index (Phi) is 6.04. The molecular formula is C15H21NO6S. The van der Waals surface area contributed by atoms with Gasteiger partial charge >= 0.3 is 11.9 Å². The number of carbonyl (C=O) groups is 4. The normalized spacial score (nSPS) is 28.2. The van der Waals surface area contributed by atoms with Crippen LogP contribution in [0.2, 0.25) is 0 Å². The summed E-state index contributed by atoms with van der Waals surface area (Å²) in [6, 6.07) is 0. The van der Waals surface area contributed by atoms with E-state index in [2.05, 4.69) is 0 Å². The molecule has 2 rings (SSSR count). The SMILES string of the molecule is O=C(O)CCSC1CC(=O)N(CC2CCC(C(=O)O)CC2)C1=O. The highest BCUT2D eigenvalue weighted by molar-refractivity contribution is 8.00. The highest BCUT2D eigenvalue weighted by Gasteiger charge is 2.40. The Balaban J connectivity index is 1.81. The van der Waals surface area contributed by atoms with Crippen molar-refractivity contribution in [2.24, 2.45) is 11.8 Å². The molecule has 1 unspecified atom stereocenters. The monoisotopic (exact) mass is 343 g/mol. The summed E-state index contributed by atoms with van der Waals surface area (Å²) in [5, 5.41) is 17.1. The third kappa shape index (κ3) is 4.70. The average molecular weight is 343 g/mol. The van der Waals surface area contributed by atoms with Gasteiger partial charge in [0.15, 0.2) is 0 Å². The van der Waals surface area contributed by atoms with Crippen LogP contribution in [0.25, 0.3) is 0 Å². The summed E-state index contributed by atoms with van der Waals surface area (Å²) in [5.41, 5.74) is 0. The lowest BCUT2D eigenvalue weighted by Gasteiger charge is -2.28. The van der Waals surface area contributed by atoms with E-state index in [0.29, 0.717) is 38.0 Å². The van der Waals surface area contributed by atoms with Crippen LogP contribution in [0.15, 0.2) is 0 Å². The highest BCUT2D eigenvalue weighted by atomic mass is 32.2. The van der Waals surface area contributed by atoms with E-state index in [9.17, 15) is 19.2 Å². The Morgan fingerprint density at radius 2 is 1.78 bits per heavy atom. The Morgan fingerprint density at radius 3 is 2.35 bits per heavy atom. The van der Waals surface area contributed by atoms with Crippen molar-refractivity contribution in [3.63, 3.8) is 0 Å². The van der Waals surface area contributed by atoms with Gasteiger partial charge in [0.05, 0.1) is 17.6 Å². The lowest BCUT2D eigenvalue weighted by Crippen LogP contribution is -2.37. The van der Waals surface area contributed by atoms with Crippen molar-refractivity contribution in [2.75, 3.05) is 12.3 Å². The molecule has 0 bridgehead atoms. The quantitative estimate of drug-likeness (QED) is 0.668. The molecule has 23 heavy (non-hydrogen) atoms. The third-order valence-electron chi connectivity index (χ3n) is 4.47. The molecular weight excluding hydrogens is 322 g/mol. The first-order valence-corrected chi connectivity index (χ1v) is 8.83. The molecule has 128 valence electrons. The number of thioether (sulfide) groups is 1. The van der Waals surface area contributed by atoms with Crippen molar-refractivity contribution in [1.29, 1.82) is 0 Å². The van der Waals surface area contributed by atoms with Crippen LogP contribution in [-0.2, 0) is 19.2 Å². The summed E-state index contributed by atoms with van der Waals surface area (Å²) in [7, 11) is 0. The van der Waals surface area contributed by atoms with Crippen molar-refractivity contribution >= 4 is 35.5 Å². The van der Waals surface area contributed by atoms with Gasteiger partial charge in [-0.3, -0.25) is 24.1 Å². The van der Waals surface area contributed by atoms with Gasteiger partial charge in [0.1, 0.15) is 0 Å². The van der Waals surface area contributed by atoms with E-state index in [-0.39, 0.29) is 36.5 Å². The first-order valence-electron chi connectivity index (χ1n) is 7.79. The smallest absolute Gasteiger partial charge is 0.306 e. The van der Waals surface area contributed by atoms with E-state index in [1.54, 1.807) is 0 Å². The van der Waals surface area contributed by atoms with E-state index < -0.39 is 17.2 Å². The maximum Gasteiger partial charge on any atom is 0.306 e. The number of likely N-dealkylation sites (tertiary alicyclic amines) is 1. The Morgan fingerprint density at radius 1 is 1.13 bits per heavy atom. The molecule has 8 heteroatoms. The van der Waals surface area contributed by atoms with Crippen molar-refractivity contribution in [1.82, 2.24) is 4.90 Å². The number of carbonyl (C=O) groups excluding carboxylic acids is 2. The van der Waals surface area contributed by atoms with Gasteiger partial charge in [-0.25, -0.2) is 0 Å². The number of aliphatic carboxylic acids is 2. The largest absolute Gasteiger partial charge is 0.481 e. The molecule has 7 nitrogen and oxygen atoms in total. The van der Waals surface area contributed by atoms with Gasteiger partial charge in [-0.15, -0.1) is 11.8 Å². The third-order valence-corrected chi connectivity index (χ3v) is 5.68. The molecule has 2 N–H and O–H groups in total. The molecule has 0 radical (unpaired) electrons. The predicted octanol–water partition coefficient (Wildman–Crippen LogP) is 1.21.